The number of unbranched alkanes of at least 4 members (excludes halogenated alkanes) is 1. The van der Waals surface area contributed by atoms with Gasteiger partial charge < -0.3 is 24.8 Å². The molecule has 0 saturated carbocycles. The van der Waals surface area contributed by atoms with Crippen LogP contribution in [0.5, 0.6) is 0 Å². The second kappa shape index (κ2) is 11.7. The maximum Gasteiger partial charge on any atom is 0.408 e. The fourth-order valence-corrected chi connectivity index (χ4v) is 4.15. The molecule has 2 amide bonds. The highest BCUT2D eigenvalue weighted by Gasteiger charge is 2.29. The van der Waals surface area contributed by atoms with E-state index in [0.717, 1.165) is 11.1 Å². The molecular weight excluding hydrogens is 448 g/mol. The Bertz CT molecular complexity index is 1000. The zero-order valence-electron chi connectivity index (χ0n) is 20.8. The summed E-state index contributed by atoms with van der Waals surface area (Å²) in [5.74, 6) is -0.534. The number of ether oxygens (including phenoxy) is 3. The molecule has 0 bridgehead atoms. The predicted molar refractivity (Wildman–Crippen MR) is 132 cm³/mol. The first-order chi connectivity index (χ1) is 16.7. The first-order valence-corrected chi connectivity index (χ1v) is 11.9. The van der Waals surface area contributed by atoms with E-state index >= 15 is 0 Å². The monoisotopic (exact) mass is 482 g/mol. The molecule has 0 unspecified atom stereocenters. The van der Waals surface area contributed by atoms with E-state index in [9.17, 15) is 14.4 Å². The number of amides is 2. The van der Waals surface area contributed by atoms with E-state index in [1.165, 1.54) is 18.2 Å². The van der Waals surface area contributed by atoms with Crippen molar-refractivity contribution in [3.05, 3.63) is 59.7 Å². The number of hydrogen-bond acceptors (Lipinski definition) is 6. The van der Waals surface area contributed by atoms with Crippen LogP contribution in [-0.4, -0.2) is 50.1 Å². The number of methoxy groups -OCH3 is 1. The SMILES string of the molecule is COC(=O)[C@@H](CCCCNC(=O)OCC1c2ccccc2-c2ccccc21)NC(=O)OC(C)(C)C. The predicted octanol–water partition coefficient (Wildman–Crippen LogP) is 4.76. The average Bonchev–Trinajstić information content (AvgIpc) is 3.14. The van der Waals surface area contributed by atoms with Crippen molar-refractivity contribution < 1.29 is 28.6 Å². The van der Waals surface area contributed by atoms with Gasteiger partial charge in [-0.1, -0.05) is 48.5 Å². The normalized spacial score (nSPS) is 13.3. The number of esters is 1. The summed E-state index contributed by atoms with van der Waals surface area (Å²) in [6.45, 7) is 5.87. The van der Waals surface area contributed by atoms with Gasteiger partial charge in [0.05, 0.1) is 7.11 Å². The van der Waals surface area contributed by atoms with E-state index in [-0.39, 0.29) is 12.5 Å². The van der Waals surface area contributed by atoms with Gasteiger partial charge in [-0.05, 0) is 62.3 Å². The van der Waals surface area contributed by atoms with Crippen LogP contribution >= 0.6 is 0 Å². The van der Waals surface area contributed by atoms with Gasteiger partial charge in [-0.3, -0.25) is 0 Å². The standard InChI is InChI=1S/C27H34N2O6/c1-27(2,3)35-26(32)29-23(24(30)33-4)15-9-10-16-28-25(31)34-17-22-20-13-7-5-11-18(20)19-12-6-8-14-21(19)22/h5-8,11-14,22-23H,9-10,15-17H2,1-4H3,(H,28,31)(H,29,32)/t23-/m1/s1. The van der Waals surface area contributed by atoms with E-state index in [0.29, 0.717) is 25.8 Å². The Morgan fingerprint density at radius 2 is 1.51 bits per heavy atom. The summed E-state index contributed by atoms with van der Waals surface area (Å²) in [6.07, 6.45) is 0.387. The molecule has 0 spiro atoms. The number of nitrogens with one attached hydrogen (secondary N) is 2. The summed E-state index contributed by atoms with van der Waals surface area (Å²) >= 11 is 0. The van der Waals surface area contributed by atoms with E-state index in [4.69, 9.17) is 14.2 Å². The number of carbonyl (C=O) groups excluding carboxylic acids is 3. The lowest BCUT2D eigenvalue weighted by Gasteiger charge is -2.22. The molecule has 8 heteroatoms. The minimum absolute atomic E-state index is 0.00731. The topological polar surface area (TPSA) is 103 Å². The fraction of sp³-hybridized carbons (Fsp3) is 0.444. The van der Waals surface area contributed by atoms with Crippen LogP contribution in [-0.2, 0) is 19.0 Å². The van der Waals surface area contributed by atoms with E-state index < -0.39 is 29.8 Å². The fourth-order valence-electron chi connectivity index (χ4n) is 4.15. The molecule has 3 rings (SSSR count). The van der Waals surface area contributed by atoms with E-state index in [1.807, 2.05) is 24.3 Å². The molecule has 0 aliphatic heterocycles. The molecule has 2 aromatic carbocycles. The highest BCUT2D eigenvalue weighted by atomic mass is 16.6. The van der Waals surface area contributed by atoms with Crippen LogP contribution in [0.25, 0.3) is 11.1 Å². The van der Waals surface area contributed by atoms with Gasteiger partial charge in [-0.15, -0.1) is 0 Å². The molecule has 2 aromatic rings. The second-order valence-corrected chi connectivity index (χ2v) is 9.47. The van der Waals surface area contributed by atoms with Crippen LogP contribution in [0.1, 0.15) is 57.1 Å². The molecule has 35 heavy (non-hydrogen) atoms. The number of fused-ring (bicyclic) bond motifs is 3. The van der Waals surface area contributed by atoms with Crippen molar-refractivity contribution in [3.63, 3.8) is 0 Å². The minimum atomic E-state index is -0.815. The Morgan fingerprint density at radius 3 is 2.09 bits per heavy atom. The van der Waals surface area contributed by atoms with Gasteiger partial charge in [0, 0.05) is 12.5 Å². The van der Waals surface area contributed by atoms with Gasteiger partial charge in [-0.2, -0.15) is 0 Å². The third-order valence-corrected chi connectivity index (χ3v) is 5.71. The number of alkyl carbamates (subject to hydrolysis) is 2. The first-order valence-electron chi connectivity index (χ1n) is 11.9. The van der Waals surface area contributed by atoms with Gasteiger partial charge >= 0.3 is 18.2 Å². The summed E-state index contributed by atoms with van der Waals surface area (Å²) in [4.78, 5) is 36.2. The molecule has 0 aromatic heterocycles. The summed E-state index contributed by atoms with van der Waals surface area (Å²) in [5, 5.41) is 5.30. The number of hydrogen-bond donors (Lipinski definition) is 2. The Hall–Kier alpha value is -3.55. The van der Waals surface area contributed by atoms with Gasteiger partial charge in [-0.25, -0.2) is 14.4 Å². The molecule has 188 valence electrons. The molecule has 0 radical (unpaired) electrons. The molecule has 1 aliphatic carbocycles. The Balaban J connectivity index is 1.41. The van der Waals surface area contributed by atoms with Crippen molar-refractivity contribution in [2.24, 2.45) is 0 Å². The molecule has 1 aliphatic rings. The minimum Gasteiger partial charge on any atom is -0.467 e. The zero-order chi connectivity index (χ0) is 25.4. The van der Waals surface area contributed by atoms with Crippen LogP contribution in [0.3, 0.4) is 0 Å². The maximum absolute atomic E-state index is 12.3. The Morgan fingerprint density at radius 1 is 0.914 bits per heavy atom. The zero-order valence-corrected chi connectivity index (χ0v) is 20.8. The van der Waals surface area contributed by atoms with Crippen LogP contribution < -0.4 is 10.6 Å². The van der Waals surface area contributed by atoms with Gasteiger partial charge in [0.1, 0.15) is 18.2 Å². The second-order valence-electron chi connectivity index (χ2n) is 9.47. The molecule has 0 heterocycles. The lowest BCUT2D eigenvalue weighted by molar-refractivity contribution is -0.143. The number of rotatable bonds is 9. The third kappa shape index (κ3) is 7.21. The maximum atomic E-state index is 12.3. The molecule has 2 N–H and O–H groups in total. The molecule has 8 nitrogen and oxygen atoms in total. The quantitative estimate of drug-likeness (QED) is 0.303. The van der Waals surface area contributed by atoms with Crippen molar-refractivity contribution in [2.75, 3.05) is 20.3 Å². The van der Waals surface area contributed by atoms with Crippen molar-refractivity contribution in [1.29, 1.82) is 0 Å². The molecule has 0 saturated heterocycles. The molecule has 1 atom stereocenters. The molecule has 0 fully saturated rings. The van der Waals surface area contributed by atoms with Gasteiger partial charge in [0.15, 0.2) is 0 Å². The number of carbonyl (C=O) groups is 3. The third-order valence-electron chi connectivity index (χ3n) is 5.71. The van der Waals surface area contributed by atoms with Crippen molar-refractivity contribution in [2.45, 2.75) is 57.6 Å². The molecular formula is C27H34N2O6. The Labute approximate surface area is 206 Å². The highest BCUT2D eigenvalue weighted by Crippen LogP contribution is 2.44. The average molecular weight is 483 g/mol. The van der Waals surface area contributed by atoms with Crippen molar-refractivity contribution >= 4 is 18.2 Å². The lowest BCUT2D eigenvalue weighted by atomic mass is 9.98. The number of benzene rings is 2. The summed E-state index contributed by atoms with van der Waals surface area (Å²) < 4.78 is 15.5. The van der Waals surface area contributed by atoms with Crippen LogP contribution in [0, 0.1) is 0 Å². The first kappa shape index (κ1) is 26.1. The Kier molecular flexibility index (Phi) is 8.73. The lowest BCUT2D eigenvalue weighted by Crippen LogP contribution is -2.44. The summed E-state index contributed by atoms with van der Waals surface area (Å²) in [5.41, 5.74) is 4.01. The summed E-state index contributed by atoms with van der Waals surface area (Å²) in [6, 6.07) is 15.5. The highest BCUT2D eigenvalue weighted by molar-refractivity contribution is 5.81. The largest absolute Gasteiger partial charge is 0.467 e. The van der Waals surface area contributed by atoms with Gasteiger partial charge in [0.2, 0.25) is 0 Å². The van der Waals surface area contributed by atoms with Gasteiger partial charge in [0.25, 0.3) is 0 Å². The van der Waals surface area contributed by atoms with Crippen molar-refractivity contribution in [1.82, 2.24) is 10.6 Å². The summed E-state index contributed by atoms with van der Waals surface area (Å²) in [7, 11) is 1.27. The smallest absolute Gasteiger partial charge is 0.408 e. The van der Waals surface area contributed by atoms with E-state index in [1.54, 1.807) is 20.8 Å². The van der Waals surface area contributed by atoms with Crippen LogP contribution in [0.4, 0.5) is 9.59 Å². The van der Waals surface area contributed by atoms with E-state index in [2.05, 4.69) is 34.9 Å². The van der Waals surface area contributed by atoms with Crippen LogP contribution in [0.15, 0.2) is 48.5 Å². The van der Waals surface area contributed by atoms with Crippen molar-refractivity contribution in [3.8, 4) is 11.1 Å². The van der Waals surface area contributed by atoms with Crippen LogP contribution in [0.2, 0.25) is 0 Å².